The predicted octanol–water partition coefficient (Wildman–Crippen LogP) is 3.53. The zero-order valence-electron chi connectivity index (χ0n) is 21.4. The van der Waals surface area contributed by atoms with E-state index in [2.05, 4.69) is 10.0 Å². The summed E-state index contributed by atoms with van der Waals surface area (Å²) < 4.78 is 30.9. The van der Waals surface area contributed by atoms with E-state index in [-0.39, 0.29) is 5.92 Å². The van der Waals surface area contributed by atoms with Crippen molar-refractivity contribution in [2.75, 3.05) is 31.7 Å². The van der Waals surface area contributed by atoms with Gasteiger partial charge in [-0.3, -0.25) is 4.79 Å². The molecule has 0 radical (unpaired) electrons. The summed E-state index contributed by atoms with van der Waals surface area (Å²) in [4.78, 5) is 12.5. The summed E-state index contributed by atoms with van der Waals surface area (Å²) >= 11 is 0. The molecule has 0 unspecified atom stereocenters. The Morgan fingerprint density at radius 1 is 1.00 bits per heavy atom. The minimum atomic E-state index is -3.65. The Labute approximate surface area is 218 Å². The third-order valence-corrected chi connectivity index (χ3v) is 6.21. The Morgan fingerprint density at radius 2 is 1.65 bits per heavy atom. The molecule has 37 heavy (non-hydrogen) atoms. The molecule has 0 saturated heterocycles. The Balaban J connectivity index is 1.57. The maximum atomic E-state index is 12.5. The Bertz CT molecular complexity index is 1290. The van der Waals surface area contributed by atoms with Crippen LogP contribution in [0.3, 0.4) is 0 Å². The van der Waals surface area contributed by atoms with Crippen LogP contribution in [0.25, 0.3) is 11.1 Å². The highest BCUT2D eigenvalue weighted by atomic mass is 32.2. The van der Waals surface area contributed by atoms with Crippen LogP contribution in [-0.4, -0.2) is 45.4 Å². The van der Waals surface area contributed by atoms with Crippen LogP contribution in [0.2, 0.25) is 0 Å². The molecule has 0 aliphatic rings. The molecular weight excluding hydrogens is 490 g/mol. The number of hydrogen-bond donors (Lipinski definition) is 4. The number of rotatable bonds is 12. The molecule has 0 spiro atoms. The van der Waals surface area contributed by atoms with Crippen LogP contribution in [0.1, 0.15) is 41.4 Å². The summed E-state index contributed by atoms with van der Waals surface area (Å²) in [6, 6.07) is 20.2. The molecule has 8 nitrogen and oxygen atoms in total. The van der Waals surface area contributed by atoms with Crippen LogP contribution in [0, 0.1) is 5.92 Å². The lowest BCUT2D eigenvalue weighted by Crippen LogP contribution is -2.30. The first kappa shape index (κ1) is 28.2. The minimum absolute atomic E-state index is 0.289. The van der Waals surface area contributed by atoms with Crippen LogP contribution in [0.15, 0.2) is 66.7 Å². The molecule has 3 aromatic carbocycles. The van der Waals surface area contributed by atoms with Gasteiger partial charge in [0.2, 0.25) is 10.0 Å². The van der Waals surface area contributed by atoms with Crippen molar-refractivity contribution in [3.05, 3.63) is 83.4 Å². The molecule has 0 fully saturated rings. The predicted molar refractivity (Wildman–Crippen MR) is 147 cm³/mol. The van der Waals surface area contributed by atoms with Gasteiger partial charge in [-0.15, -0.1) is 0 Å². The van der Waals surface area contributed by atoms with Gasteiger partial charge in [0.1, 0.15) is 12.4 Å². The van der Waals surface area contributed by atoms with E-state index in [0.717, 1.165) is 34.3 Å². The van der Waals surface area contributed by atoms with Crippen molar-refractivity contribution in [1.82, 2.24) is 10.0 Å². The maximum Gasteiger partial charge on any atom is 0.264 e. The number of amides is 1. The maximum absolute atomic E-state index is 12.5. The molecule has 0 aromatic heterocycles. The molecule has 5 N–H and O–H groups in total. The molecule has 1 amide bonds. The van der Waals surface area contributed by atoms with E-state index in [4.69, 9.17) is 10.5 Å². The van der Waals surface area contributed by atoms with E-state index in [1.807, 2.05) is 62.4 Å². The third-order valence-electron chi connectivity index (χ3n) is 5.65. The lowest BCUT2D eigenvalue weighted by atomic mass is 9.93. The number of nitrogens with one attached hydrogen (secondary N) is 2. The quantitative estimate of drug-likeness (QED) is 0.210. The van der Waals surface area contributed by atoms with Crippen LogP contribution in [0.4, 0.5) is 5.69 Å². The molecule has 9 heteroatoms. The number of anilines is 1. The number of sulfonamides is 1. The van der Waals surface area contributed by atoms with Gasteiger partial charge in [-0.1, -0.05) is 50.2 Å². The molecule has 1 atom stereocenters. The van der Waals surface area contributed by atoms with Crippen molar-refractivity contribution in [3.8, 4) is 16.9 Å². The number of aliphatic hydroxyl groups excluding tert-OH is 1. The highest BCUT2D eigenvalue weighted by molar-refractivity contribution is 7.89. The molecular formula is C28H35N3O5S. The zero-order valence-corrected chi connectivity index (χ0v) is 22.2. The van der Waals surface area contributed by atoms with E-state index < -0.39 is 22.0 Å². The molecule has 0 heterocycles. The number of ether oxygens (including phenoxy) is 1. The number of nitrogen functional groups attached to an aromatic ring is 1. The second-order valence-electron chi connectivity index (χ2n) is 9.43. The normalized spacial score (nSPS) is 12.4. The van der Waals surface area contributed by atoms with E-state index in [1.54, 1.807) is 18.2 Å². The molecule has 0 bridgehead atoms. The fourth-order valence-corrected chi connectivity index (χ4v) is 4.33. The van der Waals surface area contributed by atoms with Gasteiger partial charge in [0.15, 0.2) is 0 Å². The Morgan fingerprint density at radius 3 is 2.27 bits per heavy atom. The summed E-state index contributed by atoms with van der Waals surface area (Å²) in [5, 5.41) is 13.4. The van der Waals surface area contributed by atoms with Gasteiger partial charge in [0.25, 0.3) is 5.91 Å². The van der Waals surface area contributed by atoms with Gasteiger partial charge in [0.05, 0.1) is 12.4 Å². The second-order valence-corrected chi connectivity index (χ2v) is 11.2. The van der Waals surface area contributed by atoms with Gasteiger partial charge in [0, 0.05) is 24.3 Å². The molecule has 3 aromatic rings. The van der Waals surface area contributed by atoms with E-state index >= 15 is 0 Å². The minimum Gasteiger partial charge on any atom is -0.492 e. The number of aliphatic hydroxyl groups is 1. The van der Waals surface area contributed by atoms with E-state index in [9.17, 15) is 18.3 Å². The molecule has 3 rings (SSSR count). The van der Waals surface area contributed by atoms with Gasteiger partial charge in [-0.25, -0.2) is 13.1 Å². The van der Waals surface area contributed by atoms with Crippen molar-refractivity contribution in [1.29, 1.82) is 0 Å². The van der Waals surface area contributed by atoms with Crippen LogP contribution < -0.4 is 20.5 Å². The topological polar surface area (TPSA) is 131 Å². The number of carbonyl (C=O) groups is 1. The lowest BCUT2D eigenvalue weighted by molar-refractivity contribution is 0.0980. The van der Waals surface area contributed by atoms with Gasteiger partial charge in [-0.2, -0.15) is 0 Å². The Hall–Kier alpha value is -3.40. The average Bonchev–Trinajstić information content (AvgIpc) is 2.83. The second kappa shape index (κ2) is 12.7. The number of carbonyl (C=O) groups excluding carboxylic acids is 1. The first-order valence-electron chi connectivity index (χ1n) is 12.1. The van der Waals surface area contributed by atoms with Crippen molar-refractivity contribution >= 4 is 21.6 Å². The van der Waals surface area contributed by atoms with Crippen molar-refractivity contribution < 1.29 is 23.1 Å². The third kappa shape index (κ3) is 8.89. The zero-order chi connectivity index (χ0) is 27.0. The molecule has 0 saturated carbocycles. The molecule has 0 aliphatic carbocycles. The Kier molecular flexibility index (Phi) is 9.68. The van der Waals surface area contributed by atoms with Crippen molar-refractivity contribution in [2.45, 2.75) is 26.4 Å². The van der Waals surface area contributed by atoms with Crippen LogP contribution in [0.5, 0.6) is 5.75 Å². The fraction of sp³-hybridized carbons (Fsp3) is 0.321. The standard InChI is InChI=1S/C28H35N3O5S/c1-19(2)16-23-17-22(8-13-26(23)28(33)31-37(3,34)35)20-6-11-25(12-7-20)36-15-14-30-18-27(32)21-4-9-24(29)10-5-21/h4-13,17,19,27,30,32H,14-16,18,29H2,1-3H3,(H,31,33)/t27-/m1/s1. The number of benzene rings is 3. The van der Waals surface area contributed by atoms with E-state index in [0.29, 0.717) is 37.4 Å². The van der Waals surface area contributed by atoms with Crippen LogP contribution in [-0.2, 0) is 16.4 Å². The monoisotopic (exact) mass is 525 g/mol. The highest BCUT2D eigenvalue weighted by Crippen LogP contribution is 2.26. The van der Waals surface area contributed by atoms with Crippen molar-refractivity contribution in [3.63, 3.8) is 0 Å². The summed E-state index contributed by atoms with van der Waals surface area (Å²) in [5.41, 5.74) is 10.2. The number of hydrogen-bond acceptors (Lipinski definition) is 7. The SMILES string of the molecule is CC(C)Cc1cc(-c2ccc(OCCNC[C@@H](O)c3ccc(N)cc3)cc2)ccc1C(=O)NS(C)(=O)=O. The highest BCUT2D eigenvalue weighted by Gasteiger charge is 2.17. The first-order valence-corrected chi connectivity index (χ1v) is 14.0. The van der Waals surface area contributed by atoms with Crippen molar-refractivity contribution in [2.24, 2.45) is 5.92 Å². The smallest absolute Gasteiger partial charge is 0.264 e. The van der Waals surface area contributed by atoms with Gasteiger partial charge < -0.3 is 20.9 Å². The summed E-state index contributed by atoms with van der Waals surface area (Å²) in [6.45, 7) is 5.51. The summed E-state index contributed by atoms with van der Waals surface area (Å²) in [7, 11) is -3.65. The first-order chi connectivity index (χ1) is 17.5. The summed E-state index contributed by atoms with van der Waals surface area (Å²) in [5.74, 6) is 0.385. The fourth-order valence-electron chi connectivity index (χ4n) is 3.89. The van der Waals surface area contributed by atoms with Gasteiger partial charge >= 0.3 is 0 Å². The van der Waals surface area contributed by atoms with Crippen LogP contribution >= 0.6 is 0 Å². The number of nitrogens with two attached hydrogens (primary N) is 1. The molecule has 198 valence electrons. The summed E-state index contributed by atoms with van der Waals surface area (Å²) in [6.07, 6.45) is 0.984. The van der Waals surface area contributed by atoms with E-state index in [1.165, 1.54) is 0 Å². The lowest BCUT2D eigenvalue weighted by Gasteiger charge is -2.14. The van der Waals surface area contributed by atoms with Gasteiger partial charge in [-0.05, 0) is 64.9 Å². The molecule has 0 aliphatic heterocycles. The average molecular weight is 526 g/mol. The largest absolute Gasteiger partial charge is 0.492 e.